The number of aryl methyl sites for hydroxylation is 1. The lowest BCUT2D eigenvalue weighted by Crippen LogP contribution is -2.35. The first kappa shape index (κ1) is 14.3. The molecule has 6 nitrogen and oxygen atoms in total. The number of nitrogens with zero attached hydrogens (tertiary/aromatic N) is 2. The zero-order valence-corrected chi connectivity index (χ0v) is 11.9. The third-order valence-electron chi connectivity index (χ3n) is 3.08. The Balaban J connectivity index is 1.83. The van der Waals surface area contributed by atoms with E-state index >= 15 is 0 Å². The number of hydrogen-bond acceptors (Lipinski definition) is 4. The maximum atomic E-state index is 11.6. The van der Waals surface area contributed by atoms with Crippen molar-refractivity contribution in [2.45, 2.75) is 6.92 Å². The average Bonchev–Trinajstić information content (AvgIpc) is 2.83. The Bertz CT molecular complexity index is 578. The maximum absolute atomic E-state index is 11.6. The molecule has 1 amide bonds. The topological polar surface area (TPSA) is 71.0 Å². The SMILES string of the molecule is CCNCCNC(=O)CNc1ccc2cnn(C)c2c1. The van der Waals surface area contributed by atoms with Crippen molar-refractivity contribution in [1.82, 2.24) is 20.4 Å². The molecular formula is C14H21N5O. The molecule has 0 saturated heterocycles. The van der Waals surface area contributed by atoms with Crippen LogP contribution < -0.4 is 16.0 Å². The Kier molecular flexibility index (Phi) is 4.95. The number of hydrogen-bond donors (Lipinski definition) is 3. The Morgan fingerprint density at radius 1 is 1.35 bits per heavy atom. The predicted molar refractivity (Wildman–Crippen MR) is 80.8 cm³/mol. The normalized spacial score (nSPS) is 10.7. The highest BCUT2D eigenvalue weighted by Crippen LogP contribution is 2.17. The summed E-state index contributed by atoms with van der Waals surface area (Å²) in [5, 5.41) is 14.4. The van der Waals surface area contributed by atoms with E-state index in [9.17, 15) is 4.79 Å². The number of nitrogens with one attached hydrogen (secondary N) is 3. The second kappa shape index (κ2) is 6.91. The van der Waals surface area contributed by atoms with Crippen molar-refractivity contribution >= 4 is 22.5 Å². The van der Waals surface area contributed by atoms with E-state index in [2.05, 4.69) is 21.0 Å². The molecule has 6 heteroatoms. The molecule has 1 aromatic carbocycles. The maximum Gasteiger partial charge on any atom is 0.239 e. The highest BCUT2D eigenvalue weighted by atomic mass is 16.1. The molecule has 0 atom stereocenters. The fraction of sp³-hybridized carbons (Fsp3) is 0.429. The van der Waals surface area contributed by atoms with Crippen LogP contribution in [0.15, 0.2) is 24.4 Å². The van der Waals surface area contributed by atoms with Gasteiger partial charge in [-0.1, -0.05) is 6.92 Å². The summed E-state index contributed by atoms with van der Waals surface area (Å²) in [5.74, 6) is -0.00648. The first-order chi connectivity index (χ1) is 9.70. The summed E-state index contributed by atoms with van der Waals surface area (Å²) in [6.07, 6.45) is 1.83. The van der Waals surface area contributed by atoms with Crippen LogP contribution in [-0.4, -0.2) is 41.9 Å². The summed E-state index contributed by atoms with van der Waals surface area (Å²) in [5.41, 5.74) is 1.96. The van der Waals surface area contributed by atoms with Gasteiger partial charge in [0.1, 0.15) is 0 Å². The molecule has 0 spiro atoms. The zero-order chi connectivity index (χ0) is 14.4. The van der Waals surface area contributed by atoms with Crippen LogP contribution in [0.25, 0.3) is 10.9 Å². The van der Waals surface area contributed by atoms with E-state index in [4.69, 9.17) is 0 Å². The minimum atomic E-state index is -0.00648. The molecular weight excluding hydrogens is 254 g/mol. The third kappa shape index (κ3) is 3.71. The Labute approximate surface area is 118 Å². The molecule has 0 fully saturated rings. The molecule has 0 aliphatic heterocycles. The van der Waals surface area contributed by atoms with Crippen molar-refractivity contribution in [3.63, 3.8) is 0 Å². The first-order valence-electron chi connectivity index (χ1n) is 6.83. The molecule has 0 aliphatic rings. The minimum absolute atomic E-state index is 0.00648. The number of likely N-dealkylation sites (N-methyl/N-ethyl adjacent to an activating group) is 1. The van der Waals surface area contributed by atoms with Gasteiger partial charge in [-0.05, 0) is 24.7 Å². The third-order valence-corrected chi connectivity index (χ3v) is 3.08. The Hall–Kier alpha value is -2.08. The fourth-order valence-corrected chi connectivity index (χ4v) is 1.97. The van der Waals surface area contributed by atoms with Gasteiger partial charge in [0, 0.05) is 31.2 Å². The minimum Gasteiger partial charge on any atom is -0.376 e. The van der Waals surface area contributed by atoms with Crippen LogP contribution in [0.3, 0.4) is 0 Å². The Morgan fingerprint density at radius 3 is 3.00 bits per heavy atom. The number of carbonyl (C=O) groups is 1. The van der Waals surface area contributed by atoms with Gasteiger partial charge in [0.25, 0.3) is 0 Å². The molecule has 2 aromatic rings. The van der Waals surface area contributed by atoms with Crippen molar-refractivity contribution in [2.75, 3.05) is 31.5 Å². The molecule has 0 bridgehead atoms. The van der Waals surface area contributed by atoms with E-state index in [1.165, 1.54) is 0 Å². The molecule has 0 aliphatic carbocycles. The van der Waals surface area contributed by atoms with Gasteiger partial charge < -0.3 is 16.0 Å². The van der Waals surface area contributed by atoms with E-state index in [1.54, 1.807) is 0 Å². The van der Waals surface area contributed by atoms with Gasteiger partial charge >= 0.3 is 0 Å². The van der Waals surface area contributed by atoms with Crippen LogP contribution in [-0.2, 0) is 11.8 Å². The summed E-state index contributed by atoms with van der Waals surface area (Å²) >= 11 is 0. The number of aromatic nitrogens is 2. The van der Waals surface area contributed by atoms with E-state index in [0.717, 1.165) is 29.7 Å². The zero-order valence-electron chi connectivity index (χ0n) is 11.9. The van der Waals surface area contributed by atoms with Crippen LogP contribution >= 0.6 is 0 Å². The summed E-state index contributed by atoms with van der Waals surface area (Å²) in [6, 6.07) is 5.94. The molecule has 108 valence electrons. The number of carbonyl (C=O) groups excluding carboxylic acids is 1. The molecule has 3 N–H and O–H groups in total. The smallest absolute Gasteiger partial charge is 0.239 e. The monoisotopic (exact) mass is 275 g/mol. The molecule has 1 aromatic heterocycles. The molecule has 2 rings (SSSR count). The van der Waals surface area contributed by atoms with Gasteiger partial charge in [-0.3, -0.25) is 9.48 Å². The first-order valence-corrected chi connectivity index (χ1v) is 6.83. The van der Waals surface area contributed by atoms with Crippen molar-refractivity contribution < 1.29 is 4.79 Å². The van der Waals surface area contributed by atoms with Gasteiger partial charge in [-0.25, -0.2) is 0 Å². The molecule has 0 radical (unpaired) electrons. The van der Waals surface area contributed by atoms with Crippen LogP contribution in [0.1, 0.15) is 6.92 Å². The standard InChI is InChI=1S/C14H21N5O/c1-3-15-6-7-16-14(20)10-17-12-5-4-11-9-18-19(2)13(11)8-12/h4-5,8-9,15,17H,3,6-7,10H2,1-2H3,(H,16,20). The van der Waals surface area contributed by atoms with Crippen molar-refractivity contribution in [3.8, 4) is 0 Å². The summed E-state index contributed by atoms with van der Waals surface area (Å²) in [4.78, 5) is 11.6. The number of anilines is 1. The summed E-state index contributed by atoms with van der Waals surface area (Å²) < 4.78 is 1.82. The highest BCUT2D eigenvalue weighted by molar-refractivity contribution is 5.84. The molecule has 0 saturated carbocycles. The van der Waals surface area contributed by atoms with Gasteiger partial charge in [0.15, 0.2) is 0 Å². The quantitative estimate of drug-likeness (QED) is 0.651. The second-order valence-electron chi connectivity index (χ2n) is 4.60. The number of fused-ring (bicyclic) bond motifs is 1. The Morgan fingerprint density at radius 2 is 2.20 bits per heavy atom. The fourth-order valence-electron chi connectivity index (χ4n) is 1.97. The van der Waals surface area contributed by atoms with Crippen LogP contribution in [0.5, 0.6) is 0 Å². The van der Waals surface area contributed by atoms with Gasteiger partial charge in [-0.15, -0.1) is 0 Å². The van der Waals surface area contributed by atoms with E-state index in [0.29, 0.717) is 6.54 Å². The molecule has 1 heterocycles. The average molecular weight is 275 g/mol. The van der Waals surface area contributed by atoms with Gasteiger partial charge in [0.2, 0.25) is 5.91 Å². The van der Waals surface area contributed by atoms with Crippen molar-refractivity contribution in [1.29, 1.82) is 0 Å². The van der Waals surface area contributed by atoms with Crippen LogP contribution in [0.2, 0.25) is 0 Å². The predicted octanol–water partition coefficient (Wildman–Crippen LogP) is 0.711. The number of amides is 1. The van der Waals surface area contributed by atoms with Crippen LogP contribution in [0.4, 0.5) is 5.69 Å². The highest BCUT2D eigenvalue weighted by Gasteiger charge is 2.03. The van der Waals surface area contributed by atoms with E-state index in [-0.39, 0.29) is 12.5 Å². The summed E-state index contributed by atoms with van der Waals surface area (Å²) in [6.45, 7) is 4.67. The largest absolute Gasteiger partial charge is 0.376 e. The van der Waals surface area contributed by atoms with Crippen molar-refractivity contribution in [2.24, 2.45) is 7.05 Å². The molecule has 0 unspecified atom stereocenters. The van der Waals surface area contributed by atoms with Crippen molar-refractivity contribution in [3.05, 3.63) is 24.4 Å². The molecule has 20 heavy (non-hydrogen) atoms. The number of benzene rings is 1. The van der Waals surface area contributed by atoms with E-state index in [1.807, 2.05) is 43.0 Å². The lowest BCUT2D eigenvalue weighted by atomic mass is 10.2. The lowest BCUT2D eigenvalue weighted by Gasteiger charge is -2.08. The van der Waals surface area contributed by atoms with Crippen LogP contribution in [0, 0.1) is 0 Å². The second-order valence-corrected chi connectivity index (χ2v) is 4.60. The van der Waals surface area contributed by atoms with E-state index < -0.39 is 0 Å². The summed E-state index contributed by atoms with van der Waals surface area (Å²) in [7, 11) is 1.90. The van der Waals surface area contributed by atoms with Gasteiger partial charge in [0.05, 0.1) is 18.3 Å². The number of rotatable bonds is 7. The lowest BCUT2D eigenvalue weighted by molar-refractivity contribution is -0.119. The van der Waals surface area contributed by atoms with Gasteiger partial charge in [-0.2, -0.15) is 5.10 Å².